The van der Waals surface area contributed by atoms with Crippen molar-refractivity contribution < 1.29 is 9.53 Å². The normalized spacial score (nSPS) is 10.1. The van der Waals surface area contributed by atoms with E-state index >= 15 is 0 Å². The van der Waals surface area contributed by atoms with Crippen LogP contribution in [0.4, 0.5) is 4.79 Å². The lowest BCUT2D eigenvalue weighted by molar-refractivity contribution is 0.143. The van der Waals surface area contributed by atoms with Crippen molar-refractivity contribution in [3.63, 3.8) is 0 Å². The van der Waals surface area contributed by atoms with Crippen LogP contribution in [0.5, 0.6) is 0 Å². The molecule has 1 aromatic rings. The highest BCUT2D eigenvalue weighted by Crippen LogP contribution is 2.00. The second-order valence-electron chi connectivity index (χ2n) is 2.50. The molecular weight excluding hydrogens is 202 g/mol. The fourth-order valence-corrected chi connectivity index (χ4v) is 0.927. The van der Waals surface area contributed by atoms with E-state index in [1.165, 1.54) is 11.7 Å². The number of hydrogen-bond donors (Lipinski definition) is 1. The van der Waals surface area contributed by atoms with Crippen LogP contribution in [-0.2, 0) is 11.3 Å². The Morgan fingerprint density at radius 1 is 1.43 bits per heavy atom. The first-order valence-corrected chi connectivity index (χ1v) is 4.49. The number of amides is 1. The van der Waals surface area contributed by atoms with Gasteiger partial charge in [-0.15, -0.1) is 0 Å². The molecule has 0 aliphatic carbocycles. The molecule has 0 atom stereocenters. The van der Waals surface area contributed by atoms with Crippen LogP contribution < -0.4 is 5.32 Å². The summed E-state index contributed by atoms with van der Waals surface area (Å²) in [5.74, 6) is 0. The Morgan fingerprint density at radius 2 is 2.14 bits per heavy atom. The summed E-state index contributed by atoms with van der Waals surface area (Å²) in [5.41, 5.74) is 2.14. The van der Waals surface area contributed by atoms with Crippen LogP contribution in [0.25, 0.3) is 0 Å². The van der Waals surface area contributed by atoms with E-state index in [0.29, 0.717) is 0 Å². The third kappa shape index (κ3) is 3.96. The number of rotatable bonds is 3. The fraction of sp³-hybridized carbons (Fsp3) is 0.100. The number of nitrogens with one attached hydrogen (secondary N) is 1. The van der Waals surface area contributed by atoms with E-state index < -0.39 is 6.09 Å². The summed E-state index contributed by atoms with van der Waals surface area (Å²) in [6, 6.07) is 9.43. The van der Waals surface area contributed by atoms with Crippen LogP contribution >= 0.6 is 11.6 Å². The van der Waals surface area contributed by atoms with Crippen molar-refractivity contribution in [3.05, 3.63) is 47.6 Å². The maximum Gasteiger partial charge on any atom is 0.411 e. The molecule has 0 unspecified atom stereocenters. The van der Waals surface area contributed by atoms with E-state index in [1.54, 1.807) is 0 Å². The average molecular weight is 212 g/mol. The van der Waals surface area contributed by atoms with E-state index in [9.17, 15) is 4.79 Å². The van der Waals surface area contributed by atoms with Crippen molar-refractivity contribution >= 4 is 17.7 Å². The molecule has 0 radical (unpaired) electrons. The molecule has 1 amide bonds. The molecule has 14 heavy (non-hydrogen) atoms. The van der Waals surface area contributed by atoms with E-state index in [1.807, 2.05) is 30.3 Å². The zero-order chi connectivity index (χ0) is 10.2. The Labute approximate surface area is 87.3 Å². The van der Waals surface area contributed by atoms with Gasteiger partial charge in [0.15, 0.2) is 0 Å². The van der Waals surface area contributed by atoms with Crippen molar-refractivity contribution in [1.82, 2.24) is 5.32 Å². The zero-order valence-corrected chi connectivity index (χ0v) is 8.20. The lowest BCUT2D eigenvalue weighted by atomic mass is 10.2. The van der Waals surface area contributed by atoms with Gasteiger partial charge in [0.1, 0.15) is 6.61 Å². The predicted molar refractivity (Wildman–Crippen MR) is 54.8 cm³/mol. The van der Waals surface area contributed by atoms with Crippen LogP contribution in [0.3, 0.4) is 0 Å². The first kappa shape index (κ1) is 10.6. The Morgan fingerprint density at radius 3 is 2.79 bits per heavy atom. The zero-order valence-electron chi connectivity index (χ0n) is 7.44. The first-order chi connectivity index (χ1) is 6.83. The van der Waals surface area contributed by atoms with Gasteiger partial charge < -0.3 is 4.74 Å². The number of hydrogen-bond acceptors (Lipinski definition) is 2. The Kier molecular flexibility index (Phi) is 4.58. The van der Waals surface area contributed by atoms with Gasteiger partial charge in [-0.3, -0.25) is 5.32 Å². The number of benzene rings is 1. The lowest BCUT2D eigenvalue weighted by Gasteiger charge is -2.03. The van der Waals surface area contributed by atoms with Crippen molar-refractivity contribution in [1.29, 1.82) is 0 Å². The Hall–Kier alpha value is -1.48. The second-order valence-corrected chi connectivity index (χ2v) is 2.75. The molecule has 1 N–H and O–H groups in total. The van der Waals surface area contributed by atoms with Crippen molar-refractivity contribution in [3.8, 4) is 0 Å². The summed E-state index contributed by atoms with van der Waals surface area (Å²) >= 11 is 5.21. The maximum absolute atomic E-state index is 10.9. The minimum absolute atomic E-state index is 0.253. The van der Waals surface area contributed by atoms with Crippen molar-refractivity contribution in [2.24, 2.45) is 0 Å². The fourth-order valence-electron chi connectivity index (χ4n) is 0.864. The summed E-state index contributed by atoms with van der Waals surface area (Å²) in [6.07, 6.45) is 0.778. The quantitative estimate of drug-likeness (QED) is 0.835. The monoisotopic (exact) mass is 211 g/mol. The minimum Gasteiger partial charge on any atom is -0.444 e. The summed E-state index contributed by atoms with van der Waals surface area (Å²) in [4.78, 5) is 10.9. The van der Waals surface area contributed by atoms with Crippen LogP contribution in [0, 0.1) is 0 Å². The molecule has 0 aromatic heterocycles. The van der Waals surface area contributed by atoms with Gasteiger partial charge in [0.25, 0.3) is 0 Å². The molecule has 0 aliphatic heterocycles. The number of carbonyl (C=O) groups is 1. The van der Waals surface area contributed by atoms with E-state index in [0.717, 1.165) is 5.56 Å². The molecule has 0 heterocycles. The van der Waals surface area contributed by atoms with Crippen molar-refractivity contribution in [2.75, 3.05) is 0 Å². The third-order valence-corrected chi connectivity index (χ3v) is 1.60. The standard InChI is InChI=1S/C10H10ClNO2/c11-6-7-12-10(13)14-8-9-4-2-1-3-5-9/h1-7H,8H2,(H,12,13). The largest absolute Gasteiger partial charge is 0.444 e. The van der Waals surface area contributed by atoms with Gasteiger partial charge in [-0.1, -0.05) is 41.9 Å². The van der Waals surface area contributed by atoms with Gasteiger partial charge in [0.2, 0.25) is 0 Å². The molecule has 74 valence electrons. The van der Waals surface area contributed by atoms with Crippen LogP contribution in [0.15, 0.2) is 42.1 Å². The van der Waals surface area contributed by atoms with Crippen molar-refractivity contribution in [2.45, 2.75) is 6.61 Å². The van der Waals surface area contributed by atoms with Crippen LogP contribution in [-0.4, -0.2) is 6.09 Å². The molecule has 1 aromatic carbocycles. The molecule has 0 saturated carbocycles. The molecule has 3 nitrogen and oxygen atoms in total. The molecule has 1 rings (SSSR count). The summed E-state index contributed by atoms with van der Waals surface area (Å²) in [5, 5.41) is 2.33. The summed E-state index contributed by atoms with van der Waals surface area (Å²) in [6.45, 7) is 0.253. The number of ether oxygens (including phenoxy) is 1. The maximum atomic E-state index is 10.9. The molecule has 0 fully saturated rings. The molecular formula is C10H10ClNO2. The minimum atomic E-state index is -0.522. The third-order valence-electron chi connectivity index (χ3n) is 1.48. The summed E-state index contributed by atoms with van der Waals surface area (Å²) in [7, 11) is 0. The van der Waals surface area contributed by atoms with Gasteiger partial charge in [-0.05, 0) is 5.56 Å². The van der Waals surface area contributed by atoms with E-state index in [4.69, 9.17) is 16.3 Å². The van der Waals surface area contributed by atoms with E-state index in [-0.39, 0.29) is 6.61 Å². The van der Waals surface area contributed by atoms with Gasteiger partial charge in [0.05, 0.1) is 0 Å². The number of alkyl carbamates (subject to hydrolysis) is 1. The lowest BCUT2D eigenvalue weighted by Crippen LogP contribution is -2.17. The first-order valence-electron chi connectivity index (χ1n) is 4.05. The van der Waals surface area contributed by atoms with Crippen LogP contribution in [0.2, 0.25) is 0 Å². The number of carbonyl (C=O) groups excluding carboxylic acids is 1. The van der Waals surface area contributed by atoms with Gasteiger partial charge in [-0.2, -0.15) is 0 Å². The van der Waals surface area contributed by atoms with Gasteiger partial charge in [-0.25, -0.2) is 4.79 Å². The second kappa shape index (κ2) is 6.05. The Bertz CT molecular complexity index is 311. The van der Waals surface area contributed by atoms with Crippen LogP contribution in [0.1, 0.15) is 5.56 Å². The van der Waals surface area contributed by atoms with Gasteiger partial charge in [0, 0.05) is 11.7 Å². The molecule has 0 spiro atoms. The SMILES string of the molecule is O=C(NC=CCl)OCc1ccccc1. The highest BCUT2D eigenvalue weighted by atomic mass is 35.5. The highest BCUT2D eigenvalue weighted by molar-refractivity contribution is 6.25. The average Bonchev–Trinajstić information content (AvgIpc) is 2.25. The predicted octanol–water partition coefficient (Wildman–Crippen LogP) is 2.62. The molecule has 0 aliphatic rings. The Balaban J connectivity index is 2.31. The summed E-state index contributed by atoms with van der Waals surface area (Å²) < 4.78 is 4.87. The smallest absolute Gasteiger partial charge is 0.411 e. The topological polar surface area (TPSA) is 38.3 Å². The molecule has 0 saturated heterocycles. The molecule has 0 bridgehead atoms. The molecule has 4 heteroatoms. The number of halogens is 1. The highest BCUT2D eigenvalue weighted by Gasteiger charge is 1.98. The van der Waals surface area contributed by atoms with E-state index in [2.05, 4.69) is 5.32 Å². The van der Waals surface area contributed by atoms with Gasteiger partial charge >= 0.3 is 6.09 Å².